The highest BCUT2D eigenvalue weighted by Gasteiger charge is 2.47. The van der Waals surface area contributed by atoms with Crippen LogP contribution in [-0.4, -0.2) is 29.0 Å². The number of amides is 1. The summed E-state index contributed by atoms with van der Waals surface area (Å²) in [4.78, 5) is 15.9. The highest BCUT2D eigenvalue weighted by Crippen LogP contribution is 2.44. The molecule has 0 N–H and O–H groups in total. The number of carbonyl (C=O) groups is 1. The number of likely N-dealkylation sites (tertiary alicyclic amines) is 1. The minimum absolute atomic E-state index is 0.103. The minimum Gasteiger partial charge on any atom is -0.501 e. The Labute approximate surface area is 154 Å². The van der Waals surface area contributed by atoms with Gasteiger partial charge in [-0.1, -0.05) is 27.2 Å². The lowest BCUT2D eigenvalue weighted by Gasteiger charge is -2.54. The molecule has 1 unspecified atom stereocenters. The first kappa shape index (κ1) is 20.1. The Morgan fingerprint density at radius 1 is 1.24 bits per heavy atom. The van der Waals surface area contributed by atoms with Crippen LogP contribution in [-0.2, 0) is 9.53 Å². The standard InChI is InChI=1S/C22H37NO2/c1-9-15(2)19-16(3)18(25-8)12-11-17(19)20(24)23-21(4,5)13-10-14-22(23,6)7/h11-12,15-16,19H,9-10,13-14H2,1-8H3/t15?,16-,19+/m0/s1. The molecule has 25 heavy (non-hydrogen) atoms. The highest BCUT2D eigenvalue weighted by molar-refractivity contribution is 5.96. The van der Waals surface area contributed by atoms with Gasteiger partial charge in [0.2, 0.25) is 0 Å². The fourth-order valence-corrected chi connectivity index (χ4v) is 5.08. The van der Waals surface area contributed by atoms with Gasteiger partial charge in [-0.05, 0) is 65.0 Å². The van der Waals surface area contributed by atoms with E-state index in [0.717, 1.165) is 30.6 Å². The van der Waals surface area contributed by atoms with E-state index in [2.05, 4.69) is 53.4 Å². The summed E-state index contributed by atoms with van der Waals surface area (Å²) in [6, 6.07) is 0. The summed E-state index contributed by atoms with van der Waals surface area (Å²) < 4.78 is 5.58. The highest BCUT2D eigenvalue weighted by atomic mass is 16.5. The second-order valence-electron chi connectivity index (χ2n) is 9.21. The quantitative estimate of drug-likeness (QED) is 0.688. The van der Waals surface area contributed by atoms with Crippen molar-refractivity contribution in [3.05, 3.63) is 23.5 Å². The molecule has 0 aromatic rings. The van der Waals surface area contributed by atoms with Crippen molar-refractivity contribution in [2.24, 2.45) is 17.8 Å². The zero-order valence-electron chi connectivity index (χ0n) is 17.5. The van der Waals surface area contributed by atoms with Gasteiger partial charge in [-0.2, -0.15) is 0 Å². The molecule has 0 aromatic carbocycles. The van der Waals surface area contributed by atoms with Crippen LogP contribution >= 0.6 is 0 Å². The molecule has 3 atom stereocenters. The van der Waals surface area contributed by atoms with Crippen LogP contribution in [0, 0.1) is 17.8 Å². The molecule has 1 amide bonds. The van der Waals surface area contributed by atoms with E-state index in [4.69, 9.17) is 4.74 Å². The van der Waals surface area contributed by atoms with E-state index >= 15 is 0 Å². The van der Waals surface area contributed by atoms with Crippen molar-refractivity contribution in [2.75, 3.05) is 7.11 Å². The van der Waals surface area contributed by atoms with Crippen molar-refractivity contribution >= 4 is 5.91 Å². The Morgan fingerprint density at radius 3 is 2.28 bits per heavy atom. The molecular formula is C22H37NO2. The van der Waals surface area contributed by atoms with E-state index < -0.39 is 0 Å². The second-order valence-corrected chi connectivity index (χ2v) is 9.21. The molecular weight excluding hydrogens is 310 g/mol. The first-order valence-electron chi connectivity index (χ1n) is 9.87. The summed E-state index contributed by atoms with van der Waals surface area (Å²) in [7, 11) is 1.73. The Kier molecular flexibility index (Phi) is 5.75. The number of piperidine rings is 1. The Bertz CT molecular complexity index is 555. The zero-order chi connectivity index (χ0) is 19.0. The van der Waals surface area contributed by atoms with Gasteiger partial charge in [0, 0.05) is 28.5 Å². The molecule has 0 bridgehead atoms. The smallest absolute Gasteiger partial charge is 0.250 e. The molecule has 1 aliphatic carbocycles. The molecule has 1 aliphatic heterocycles. The third-order valence-corrected chi connectivity index (χ3v) is 6.50. The predicted octanol–water partition coefficient (Wildman–Crippen LogP) is 5.32. The summed E-state index contributed by atoms with van der Waals surface area (Å²) in [5, 5.41) is 0. The van der Waals surface area contributed by atoms with Crippen molar-refractivity contribution in [2.45, 2.75) is 85.2 Å². The van der Waals surface area contributed by atoms with Crippen molar-refractivity contribution < 1.29 is 9.53 Å². The van der Waals surface area contributed by atoms with Gasteiger partial charge in [0.05, 0.1) is 12.9 Å². The van der Waals surface area contributed by atoms with Crippen LogP contribution < -0.4 is 0 Å². The van der Waals surface area contributed by atoms with E-state index in [1.54, 1.807) is 7.11 Å². The summed E-state index contributed by atoms with van der Waals surface area (Å²) >= 11 is 0. The minimum atomic E-state index is -0.103. The van der Waals surface area contributed by atoms with Crippen LogP contribution in [0.1, 0.15) is 74.1 Å². The molecule has 1 saturated heterocycles. The van der Waals surface area contributed by atoms with Crippen molar-refractivity contribution in [1.29, 1.82) is 0 Å². The summed E-state index contributed by atoms with van der Waals surface area (Å²) in [5.41, 5.74) is 0.758. The maximum atomic E-state index is 13.7. The molecule has 2 aliphatic rings. The molecule has 142 valence electrons. The second kappa shape index (κ2) is 7.17. The normalized spacial score (nSPS) is 29.5. The van der Waals surface area contributed by atoms with E-state index in [0.29, 0.717) is 5.92 Å². The molecule has 0 spiro atoms. The molecule has 0 aromatic heterocycles. The van der Waals surface area contributed by atoms with Gasteiger partial charge in [0.15, 0.2) is 0 Å². The molecule has 1 heterocycles. The van der Waals surface area contributed by atoms with Crippen LogP contribution in [0.15, 0.2) is 23.5 Å². The number of ether oxygens (including phenoxy) is 1. The SMILES string of the molecule is CCC(C)[C@H]1C(C(=O)N2C(C)(C)CCCC2(C)C)=CC=C(OC)[C@@H]1C. The third-order valence-electron chi connectivity index (χ3n) is 6.50. The van der Waals surface area contributed by atoms with Gasteiger partial charge in [-0.25, -0.2) is 0 Å². The number of allylic oxidation sites excluding steroid dienone is 3. The van der Waals surface area contributed by atoms with Gasteiger partial charge in [-0.3, -0.25) is 4.79 Å². The fourth-order valence-electron chi connectivity index (χ4n) is 5.08. The maximum absolute atomic E-state index is 13.7. The molecule has 3 nitrogen and oxygen atoms in total. The number of hydrogen-bond donors (Lipinski definition) is 0. The fraction of sp³-hybridized carbons (Fsp3) is 0.773. The number of carbonyl (C=O) groups excluding carboxylic acids is 1. The van der Waals surface area contributed by atoms with Crippen molar-refractivity contribution in [3.63, 3.8) is 0 Å². The van der Waals surface area contributed by atoms with Gasteiger partial charge < -0.3 is 9.64 Å². The van der Waals surface area contributed by atoms with Crippen molar-refractivity contribution in [1.82, 2.24) is 4.90 Å². The summed E-state index contributed by atoms with van der Waals surface area (Å²) in [6.45, 7) is 15.5. The average Bonchev–Trinajstić information content (AvgIpc) is 2.51. The third kappa shape index (κ3) is 3.66. The first-order chi connectivity index (χ1) is 11.6. The average molecular weight is 348 g/mol. The molecule has 1 fully saturated rings. The molecule has 3 heteroatoms. The van der Waals surface area contributed by atoms with E-state index in [1.165, 1.54) is 6.42 Å². The first-order valence-corrected chi connectivity index (χ1v) is 9.87. The largest absolute Gasteiger partial charge is 0.501 e. The Hall–Kier alpha value is -1.25. The van der Waals surface area contributed by atoms with E-state index in [9.17, 15) is 4.79 Å². The monoisotopic (exact) mass is 347 g/mol. The van der Waals surface area contributed by atoms with E-state index in [1.807, 2.05) is 12.2 Å². The predicted molar refractivity (Wildman–Crippen MR) is 104 cm³/mol. The molecule has 2 rings (SSSR count). The topological polar surface area (TPSA) is 29.5 Å². The van der Waals surface area contributed by atoms with Gasteiger partial charge in [0.25, 0.3) is 5.91 Å². The summed E-state index contributed by atoms with van der Waals surface area (Å²) in [6.07, 6.45) is 8.40. The number of methoxy groups -OCH3 is 1. The molecule has 0 saturated carbocycles. The van der Waals surface area contributed by atoms with E-state index in [-0.39, 0.29) is 28.8 Å². The van der Waals surface area contributed by atoms with Crippen LogP contribution in [0.4, 0.5) is 0 Å². The van der Waals surface area contributed by atoms with Crippen LogP contribution in [0.2, 0.25) is 0 Å². The summed E-state index contributed by atoms with van der Waals surface area (Å²) in [5.74, 6) is 2.10. The number of rotatable bonds is 4. The van der Waals surface area contributed by atoms with Crippen LogP contribution in [0.3, 0.4) is 0 Å². The zero-order valence-corrected chi connectivity index (χ0v) is 17.5. The van der Waals surface area contributed by atoms with Gasteiger partial charge >= 0.3 is 0 Å². The number of hydrogen-bond acceptors (Lipinski definition) is 2. The Balaban J connectivity index is 2.47. The van der Waals surface area contributed by atoms with Crippen LogP contribution in [0.25, 0.3) is 0 Å². The lowest BCUT2D eigenvalue weighted by atomic mass is 9.71. The van der Waals surface area contributed by atoms with Crippen LogP contribution in [0.5, 0.6) is 0 Å². The number of nitrogens with zero attached hydrogens (tertiary/aromatic N) is 1. The van der Waals surface area contributed by atoms with Gasteiger partial charge in [-0.15, -0.1) is 0 Å². The lowest BCUT2D eigenvalue weighted by molar-refractivity contribution is -0.145. The molecule has 0 radical (unpaired) electrons. The van der Waals surface area contributed by atoms with Gasteiger partial charge in [0.1, 0.15) is 0 Å². The van der Waals surface area contributed by atoms with Crippen molar-refractivity contribution in [3.8, 4) is 0 Å². The maximum Gasteiger partial charge on any atom is 0.250 e. The lowest BCUT2D eigenvalue weighted by Crippen LogP contribution is -2.61. The Morgan fingerprint density at radius 2 is 1.80 bits per heavy atom.